The standard InChI is InChI=1S/C20H25N5O3/c1-3-28-20(27)25-10-8-16(9-11-25)23-18-13-21-17(12-22-18)19(26)24-15-6-4-14(2)5-7-15/h4-7,12-13,16H,3,8-11H2,1-2H3,(H,22,23)(H,24,26). The normalized spacial score (nSPS) is 14.4. The minimum absolute atomic E-state index is 0.201. The Morgan fingerprint density at radius 3 is 2.46 bits per heavy atom. The van der Waals surface area contributed by atoms with E-state index in [1.54, 1.807) is 18.0 Å². The van der Waals surface area contributed by atoms with Gasteiger partial charge < -0.3 is 20.3 Å². The third kappa shape index (κ3) is 5.18. The van der Waals surface area contributed by atoms with Crippen LogP contribution in [0, 0.1) is 6.92 Å². The van der Waals surface area contributed by atoms with Crippen LogP contribution in [0.5, 0.6) is 0 Å². The molecule has 8 nitrogen and oxygen atoms in total. The number of nitrogens with zero attached hydrogens (tertiary/aromatic N) is 3. The third-order valence-corrected chi connectivity index (χ3v) is 4.57. The van der Waals surface area contributed by atoms with Crippen LogP contribution in [0.2, 0.25) is 0 Å². The van der Waals surface area contributed by atoms with E-state index >= 15 is 0 Å². The van der Waals surface area contributed by atoms with Gasteiger partial charge >= 0.3 is 6.09 Å². The largest absolute Gasteiger partial charge is 0.450 e. The van der Waals surface area contributed by atoms with Gasteiger partial charge in [-0.05, 0) is 38.8 Å². The molecule has 1 aliphatic heterocycles. The van der Waals surface area contributed by atoms with Crippen LogP contribution < -0.4 is 10.6 Å². The van der Waals surface area contributed by atoms with Crippen molar-refractivity contribution in [2.75, 3.05) is 30.3 Å². The van der Waals surface area contributed by atoms with E-state index in [0.717, 1.165) is 18.4 Å². The van der Waals surface area contributed by atoms with Crippen LogP contribution in [-0.2, 0) is 4.74 Å². The van der Waals surface area contributed by atoms with E-state index < -0.39 is 0 Å². The van der Waals surface area contributed by atoms with Crippen molar-refractivity contribution in [3.05, 3.63) is 47.9 Å². The number of aromatic nitrogens is 2. The summed E-state index contributed by atoms with van der Waals surface area (Å²) in [4.78, 5) is 34.2. The highest BCUT2D eigenvalue weighted by molar-refractivity contribution is 6.02. The van der Waals surface area contributed by atoms with Crippen LogP contribution in [0.4, 0.5) is 16.3 Å². The van der Waals surface area contributed by atoms with Gasteiger partial charge in [0.15, 0.2) is 0 Å². The maximum absolute atomic E-state index is 12.3. The minimum Gasteiger partial charge on any atom is -0.450 e. The average molecular weight is 383 g/mol. The number of carbonyl (C=O) groups is 2. The van der Waals surface area contributed by atoms with E-state index in [0.29, 0.717) is 31.2 Å². The van der Waals surface area contributed by atoms with Crippen molar-refractivity contribution < 1.29 is 14.3 Å². The van der Waals surface area contributed by atoms with Gasteiger partial charge in [0.05, 0.1) is 19.0 Å². The number of hydrogen-bond donors (Lipinski definition) is 2. The Bertz CT molecular complexity index is 800. The average Bonchev–Trinajstić information content (AvgIpc) is 2.71. The van der Waals surface area contributed by atoms with E-state index in [1.807, 2.05) is 31.2 Å². The summed E-state index contributed by atoms with van der Waals surface area (Å²) in [5.74, 6) is 0.312. The number of carbonyl (C=O) groups excluding carboxylic acids is 2. The number of amides is 2. The molecule has 8 heteroatoms. The Balaban J connectivity index is 1.50. The molecule has 148 valence electrons. The zero-order chi connectivity index (χ0) is 19.9. The summed E-state index contributed by atoms with van der Waals surface area (Å²) in [6.45, 7) is 5.46. The lowest BCUT2D eigenvalue weighted by Crippen LogP contribution is -2.42. The Morgan fingerprint density at radius 1 is 1.14 bits per heavy atom. The number of rotatable bonds is 5. The summed E-state index contributed by atoms with van der Waals surface area (Å²) >= 11 is 0. The maximum atomic E-state index is 12.3. The first-order valence-electron chi connectivity index (χ1n) is 9.43. The quantitative estimate of drug-likeness (QED) is 0.824. The molecule has 0 spiro atoms. The topological polar surface area (TPSA) is 96.5 Å². The molecule has 0 bridgehead atoms. The lowest BCUT2D eigenvalue weighted by atomic mass is 10.1. The van der Waals surface area contributed by atoms with E-state index in [2.05, 4.69) is 20.6 Å². The van der Waals surface area contributed by atoms with Crippen LogP contribution in [-0.4, -0.2) is 52.6 Å². The van der Waals surface area contributed by atoms with Crippen molar-refractivity contribution in [2.45, 2.75) is 32.7 Å². The van der Waals surface area contributed by atoms with Crippen molar-refractivity contribution >= 4 is 23.5 Å². The smallest absolute Gasteiger partial charge is 0.409 e. The highest BCUT2D eigenvalue weighted by atomic mass is 16.6. The Labute approximate surface area is 164 Å². The number of aryl methyl sites for hydroxylation is 1. The summed E-state index contributed by atoms with van der Waals surface area (Å²) in [5, 5.41) is 6.11. The molecular formula is C20H25N5O3. The second-order valence-corrected chi connectivity index (χ2v) is 6.71. The lowest BCUT2D eigenvalue weighted by molar-refractivity contribution is 0.0982. The van der Waals surface area contributed by atoms with E-state index in [1.165, 1.54) is 6.20 Å². The first-order valence-corrected chi connectivity index (χ1v) is 9.43. The molecule has 28 heavy (non-hydrogen) atoms. The third-order valence-electron chi connectivity index (χ3n) is 4.57. The Hall–Kier alpha value is -3.16. The van der Waals surface area contributed by atoms with E-state index in [4.69, 9.17) is 4.74 Å². The minimum atomic E-state index is -0.300. The van der Waals surface area contributed by atoms with Gasteiger partial charge in [-0.15, -0.1) is 0 Å². The SMILES string of the molecule is CCOC(=O)N1CCC(Nc2cnc(C(=O)Nc3ccc(C)cc3)cn2)CC1. The fourth-order valence-electron chi connectivity index (χ4n) is 2.98. The molecule has 2 amide bonds. The van der Waals surface area contributed by atoms with Crippen LogP contribution in [0.25, 0.3) is 0 Å². The fraction of sp³-hybridized carbons (Fsp3) is 0.400. The molecule has 3 rings (SSSR count). The molecule has 2 aromatic rings. The van der Waals surface area contributed by atoms with Crippen molar-refractivity contribution in [1.82, 2.24) is 14.9 Å². The molecule has 0 radical (unpaired) electrons. The fourth-order valence-corrected chi connectivity index (χ4v) is 2.98. The monoisotopic (exact) mass is 383 g/mol. The molecule has 1 saturated heterocycles. The number of nitrogens with one attached hydrogen (secondary N) is 2. The first-order chi connectivity index (χ1) is 13.5. The molecule has 0 atom stereocenters. The highest BCUT2D eigenvalue weighted by Crippen LogP contribution is 2.16. The number of piperidine rings is 1. The molecule has 0 aliphatic carbocycles. The van der Waals surface area contributed by atoms with Gasteiger partial charge in [-0.2, -0.15) is 0 Å². The second-order valence-electron chi connectivity index (χ2n) is 6.71. The molecule has 0 saturated carbocycles. The van der Waals surface area contributed by atoms with Crippen molar-refractivity contribution in [3.8, 4) is 0 Å². The van der Waals surface area contributed by atoms with Crippen molar-refractivity contribution in [3.63, 3.8) is 0 Å². The Morgan fingerprint density at radius 2 is 1.86 bits per heavy atom. The van der Waals surface area contributed by atoms with Crippen molar-refractivity contribution in [2.24, 2.45) is 0 Å². The van der Waals surface area contributed by atoms with Gasteiger partial charge in [-0.3, -0.25) is 4.79 Å². The zero-order valence-corrected chi connectivity index (χ0v) is 16.1. The molecule has 1 aliphatic rings. The molecule has 1 aromatic heterocycles. The van der Waals surface area contributed by atoms with E-state index in [9.17, 15) is 9.59 Å². The predicted molar refractivity (Wildman–Crippen MR) is 106 cm³/mol. The summed E-state index contributed by atoms with van der Waals surface area (Å²) in [5.41, 5.74) is 2.09. The van der Waals surface area contributed by atoms with Crippen LogP contribution in [0.3, 0.4) is 0 Å². The molecular weight excluding hydrogens is 358 g/mol. The maximum Gasteiger partial charge on any atom is 0.409 e. The zero-order valence-electron chi connectivity index (χ0n) is 16.1. The highest BCUT2D eigenvalue weighted by Gasteiger charge is 2.23. The molecule has 2 N–H and O–H groups in total. The van der Waals surface area contributed by atoms with Gasteiger partial charge in [0.25, 0.3) is 5.91 Å². The van der Waals surface area contributed by atoms with Gasteiger partial charge in [-0.25, -0.2) is 14.8 Å². The predicted octanol–water partition coefficient (Wildman–Crippen LogP) is 3.07. The lowest BCUT2D eigenvalue weighted by Gasteiger charge is -2.31. The summed E-state index contributed by atoms with van der Waals surface area (Å²) in [6, 6.07) is 7.76. The van der Waals surface area contributed by atoms with E-state index in [-0.39, 0.29) is 23.7 Å². The van der Waals surface area contributed by atoms with Gasteiger partial charge in [0.2, 0.25) is 0 Å². The van der Waals surface area contributed by atoms with Gasteiger partial charge in [0.1, 0.15) is 11.5 Å². The number of hydrogen-bond acceptors (Lipinski definition) is 6. The van der Waals surface area contributed by atoms with Gasteiger partial charge in [-0.1, -0.05) is 17.7 Å². The van der Waals surface area contributed by atoms with Gasteiger partial charge in [0, 0.05) is 24.8 Å². The van der Waals surface area contributed by atoms with Crippen LogP contribution in [0.15, 0.2) is 36.7 Å². The molecule has 2 heterocycles. The van der Waals surface area contributed by atoms with Crippen LogP contribution >= 0.6 is 0 Å². The summed E-state index contributed by atoms with van der Waals surface area (Å²) in [7, 11) is 0. The number of likely N-dealkylation sites (tertiary alicyclic amines) is 1. The molecule has 0 unspecified atom stereocenters. The number of ether oxygens (including phenoxy) is 1. The van der Waals surface area contributed by atoms with Crippen molar-refractivity contribution in [1.29, 1.82) is 0 Å². The van der Waals surface area contributed by atoms with Crippen LogP contribution in [0.1, 0.15) is 35.8 Å². The number of anilines is 2. The molecule has 1 fully saturated rings. The second kappa shape index (κ2) is 9.16. The first kappa shape index (κ1) is 19.6. The number of benzene rings is 1. The summed E-state index contributed by atoms with van der Waals surface area (Å²) < 4.78 is 5.03. The summed E-state index contributed by atoms with van der Waals surface area (Å²) in [6.07, 6.45) is 4.36. The molecule has 1 aromatic carbocycles. The Kier molecular flexibility index (Phi) is 6.41.